The fourth-order valence-electron chi connectivity index (χ4n) is 1.30. The first-order valence-corrected chi connectivity index (χ1v) is 3.98. The first-order chi connectivity index (χ1) is 6.31. The van der Waals surface area contributed by atoms with E-state index in [-0.39, 0.29) is 0 Å². The van der Waals surface area contributed by atoms with E-state index in [1.165, 1.54) is 0 Å². The second kappa shape index (κ2) is 2.80. The predicted octanol–water partition coefficient (Wildman–Crippen LogP) is 2.70. The van der Waals surface area contributed by atoms with Crippen LogP contribution in [0.2, 0.25) is 0 Å². The third kappa shape index (κ3) is 1.21. The highest BCUT2D eigenvalue weighted by atomic mass is 14.7. The highest BCUT2D eigenvalue weighted by molar-refractivity contribution is 5.85. The molecule has 62 valence electrons. The number of fused-ring (bicyclic) bond motifs is 1. The summed E-state index contributed by atoms with van der Waals surface area (Å²) in [5, 5.41) is 9.80. The number of H-pyrrole nitrogens is 1. The molecular weight excluding hydrogens is 160 g/mol. The van der Waals surface area contributed by atoms with Crippen LogP contribution in [0.5, 0.6) is 0 Å². The van der Waals surface area contributed by atoms with E-state index in [1.807, 2.05) is 36.5 Å². The summed E-state index contributed by atoms with van der Waals surface area (Å²) in [5.41, 5.74) is 2.41. The van der Waals surface area contributed by atoms with Gasteiger partial charge in [-0.2, -0.15) is 5.26 Å². The maximum Gasteiger partial charge on any atom is 0.0991 e. The highest BCUT2D eigenvalue weighted by Gasteiger charge is 1.99. The van der Waals surface area contributed by atoms with E-state index in [0.717, 1.165) is 16.5 Å². The van der Waals surface area contributed by atoms with Crippen molar-refractivity contribution < 1.29 is 0 Å². The molecule has 0 aliphatic carbocycles. The number of nitriles is 1. The fraction of sp³-hybridized carbons (Fsp3) is 0. The zero-order valence-corrected chi connectivity index (χ0v) is 7.04. The Balaban J connectivity index is 2.62. The van der Waals surface area contributed by atoms with Gasteiger partial charge < -0.3 is 4.98 Å². The molecule has 0 fully saturated rings. The van der Waals surface area contributed by atoms with Crippen LogP contribution in [0.15, 0.2) is 37.0 Å². The summed E-state index contributed by atoms with van der Waals surface area (Å²) in [6.45, 7) is 3.66. The van der Waals surface area contributed by atoms with Gasteiger partial charge in [-0.05, 0) is 23.1 Å². The molecule has 0 saturated carbocycles. The van der Waals surface area contributed by atoms with Gasteiger partial charge in [0.25, 0.3) is 0 Å². The first-order valence-electron chi connectivity index (χ1n) is 3.98. The molecule has 1 N–H and O–H groups in total. The van der Waals surface area contributed by atoms with Gasteiger partial charge in [-0.25, -0.2) is 0 Å². The van der Waals surface area contributed by atoms with E-state index >= 15 is 0 Å². The van der Waals surface area contributed by atoms with Crippen molar-refractivity contribution in [2.45, 2.75) is 0 Å². The molecule has 0 atom stereocenters. The van der Waals surface area contributed by atoms with Gasteiger partial charge in [-0.3, -0.25) is 0 Å². The molecule has 0 unspecified atom stereocenters. The lowest BCUT2D eigenvalue weighted by Gasteiger charge is -1.96. The molecule has 2 aromatic rings. The van der Waals surface area contributed by atoms with Gasteiger partial charge in [0.2, 0.25) is 0 Å². The number of benzene rings is 1. The second-order valence-electron chi connectivity index (χ2n) is 2.87. The average molecular weight is 168 g/mol. The molecule has 0 radical (unpaired) electrons. The van der Waals surface area contributed by atoms with Gasteiger partial charge in [0.15, 0.2) is 0 Å². The van der Waals surface area contributed by atoms with Gasteiger partial charge in [0.1, 0.15) is 0 Å². The number of hydrogen-bond acceptors (Lipinski definition) is 1. The molecule has 0 amide bonds. The van der Waals surface area contributed by atoms with Crippen LogP contribution in [0.3, 0.4) is 0 Å². The molecule has 1 heterocycles. The molecule has 0 bridgehead atoms. The molecule has 1 aromatic heterocycles. The second-order valence-corrected chi connectivity index (χ2v) is 2.87. The van der Waals surface area contributed by atoms with Gasteiger partial charge in [0.05, 0.1) is 11.6 Å². The molecule has 0 spiro atoms. The summed E-state index contributed by atoms with van der Waals surface area (Å²) in [7, 11) is 0. The summed E-state index contributed by atoms with van der Waals surface area (Å²) < 4.78 is 0. The predicted molar refractivity (Wildman–Crippen MR) is 52.9 cm³/mol. The highest BCUT2D eigenvalue weighted by Crippen LogP contribution is 2.18. The number of hydrogen-bond donors (Lipinski definition) is 1. The number of aromatic nitrogens is 1. The van der Waals surface area contributed by atoms with E-state index < -0.39 is 0 Å². The van der Waals surface area contributed by atoms with Crippen LogP contribution in [-0.4, -0.2) is 4.98 Å². The molecule has 2 heteroatoms. The monoisotopic (exact) mass is 168 g/mol. The summed E-state index contributed by atoms with van der Waals surface area (Å²) in [4.78, 5) is 3.09. The summed E-state index contributed by atoms with van der Waals surface area (Å²) in [5.74, 6) is 0. The lowest BCUT2D eigenvalue weighted by atomic mass is 10.1. The summed E-state index contributed by atoms with van der Waals surface area (Å²) in [6, 6.07) is 9.84. The van der Waals surface area contributed by atoms with E-state index in [2.05, 4.69) is 11.6 Å². The maximum absolute atomic E-state index is 8.65. The van der Waals surface area contributed by atoms with Crippen LogP contribution in [0.25, 0.3) is 16.5 Å². The van der Waals surface area contributed by atoms with Crippen LogP contribution < -0.4 is 0 Å². The van der Waals surface area contributed by atoms with Crippen LogP contribution in [0.1, 0.15) is 5.56 Å². The largest absolute Gasteiger partial charge is 0.361 e. The summed E-state index contributed by atoms with van der Waals surface area (Å²) >= 11 is 0. The minimum Gasteiger partial charge on any atom is -0.361 e. The summed E-state index contributed by atoms with van der Waals surface area (Å²) in [6.07, 6.45) is 1.88. The van der Waals surface area contributed by atoms with Gasteiger partial charge in [0, 0.05) is 11.7 Å². The first kappa shape index (κ1) is 7.63. The number of aromatic amines is 1. The molecule has 1 aromatic carbocycles. The Morgan fingerprint density at radius 3 is 3.00 bits per heavy atom. The van der Waals surface area contributed by atoms with Crippen molar-refractivity contribution >= 4 is 16.5 Å². The lowest BCUT2D eigenvalue weighted by molar-refractivity contribution is 1.47. The quantitative estimate of drug-likeness (QED) is 0.653. The number of nitrogens with one attached hydrogen (secondary N) is 1. The van der Waals surface area contributed by atoms with Crippen molar-refractivity contribution in [2.24, 2.45) is 0 Å². The average Bonchev–Trinajstić information content (AvgIpc) is 2.63. The van der Waals surface area contributed by atoms with Gasteiger partial charge in [-0.1, -0.05) is 18.7 Å². The Kier molecular flexibility index (Phi) is 1.64. The normalized spacial score (nSPS) is 9.77. The zero-order chi connectivity index (χ0) is 9.26. The molecule has 0 saturated heterocycles. The third-order valence-electron chi connectivity index (χ3n) is 2.04. The topological polar surface area (TPSA) is 39.6 Å². The number of allylic oxidation sites excluding steroid dienone is 1. The SMILES string of the molecule is C=C(C#N)c1ccc2cc[nH]c2c1. The van der Waals surface area contributed by atoms with Crippen LogP contribution in [0, 0.1) is 11.3 Å². The van der Waals surface area contributed by atoms with Crippen LogP contribution in [-0.2, 0) is 0 Å². The van der Waals surface area contributed by atoms with Gasteiger partial charge in [-0.15, -0.1) is 0 Å². The lowest BCUT2D eigenvalue weighted by Crippen LogP contribution is -1.78. The molecular formula is C11H8N2. The Hall–Kier alpha value is -2.01. The fourth-order valence-corrected chi connectivity index (χ4v) is 1.30. The molecule has 2 nitrogen and oxygen atoms in total. The van der Waals surface area contributed by atoms with Crippen molar-refractivity contribution in [3.8, 4) is 6.07 Å². The van der Waals surface area contributed by atoms with Crippen molar-refractivity contribution in [2.75, 3.05) is 0 Å². The van der Waals surface area contributed by atoms with Crippen molar-refractivity contribution in [1.82, 2.24) is 4.98 Å². The van der Waals surface area contributed by atoms with Crippen molar-refractivity contribution in [3.05, 3.63) is 42.6 Å². The van der Waals surface area contributed by atoms with E-state index in [4.69, 9.17) is 5.26 Å². The number of rotatable bonds is 1. The van der Waals surface area contributed by atoms with Crippen LogP contribution >= 0.6 is 0 Å². The van der Waals surface area contributed by atoms with Crippen molar-refractivity contribution in [3.63, 3.8) is 0 Å². The Bertz CT molecular complexity index is 500. The minimum atomic E-state index is 0.497. The Morgan fingerprint density at radius 2 is 2.23 bits per heavy atom. The Labute approximate surface area is 76.1 Å². The standard InChI is InChI=1S/C11H8N2/c1-8(7-12)10-3-2-9-4-5-13-11(9)6-10/h2-6,13H,1H2. The van der Waals surface area contributed by atoms with Crippen molar-refractivity contribution in [1.29, 1.82) is 5.26 Å². The maximum atomic E-state index is 8.65. The van der Waals surface area contributed by atoms with E-state index in [9.17, 15) is 0 Å². The molecule has 13 heavy (non-hydrogen) atoms. The van der Waals surface area contributed by atoms with E-state index in [0.29, 0.717) is 5.57 Å². The smallest absolute Gasteiger partial charge is 0.0991 e. The molecule has 2 rings (SSSR count). The minimum absolute atomic E-state index is 0.497. The van der Waals surface area contributed by atoms with E-state index in [1.54, 1.807) is 0 Å². The Morgan fingerprint density at radius 1 is 1.38 bits per heavy atom. The third-order valence-corrected chi connectivity index (χ3v) is 2.04. The van der Waals surface area contributed by atoms with Gasteiger partial charge >= 0.3 is 0 Å². The zero-order valence-electron chi connectivity index (χ0n) is 7.04. The molecule has 0 aliphatic heterocycles. The number of nitrogens with zero attached hydrogens (tertiary/aromatic N) is 1. The molecule has 0 aliphatic rings. The van der Waals surface area contributed by atoms with Crippen LogP contribution in [0.4, 0.5) is 0 Å².